The normalized spacial score (nSPS) is 14.3. The minimum atomic E-state index is -0.641. The molecule has 0 unspecified atom stereocenters. The zero-order chi connectivity index (χ0) is 33.4. The Morgan fingerprint density at radius 3 is 2.32 bits per heavy atom. The number of nitrogens with zero attached hydrogens (tertiary/aromatic N) is 4. The quantitative estimate of drug-likeness (QED) is 0.154. The summed E-state index contributed by atoms with van der Waals surface area (Å²) in [5, 5.41) is 10.9. The molecule has 2 amide bonds. The summed E-state index contributed by atoms with van der Waals surface area (Å²) in [5.74, 6) is -0.442. The molecule has 11 heteroatoms. The molecular formula is C36H46N6O4S. The SMILES string of the molecule is CCCCCCCOC(=O)n1nc(NC(=O)c2ccc(CN3CCN(C)CC3)cc2)c2cc(C(=O)NC(C)(C)c3ccccc3)sc21. The van der Waals surface area contributed by atoms with Gasteiger partial charge in [-0.2, -0.15) is 4.68 Å². The Labute approximate surface area is 281 Å². The number of hydrogen-bond acceptors (Lipinski definition) is 8. The maximum absolute atomic E-state index is 13.5. The van der Waals surface area contributed by atoms with Crippen LogP contribution >= 0.6 is 11.3 Å². The highest BCUT2D eigenvalue weighted by Crippen LogP contribution is 2.33. The third kappa shape index (κ3) is 8.85. The van der Waals surface area contributed by atoms with E-state index in [1.807, 2.05) is 56.3 Å². The average molecular weight is 659 g/mol. The molecule has 1 fully saturated rings. The molecule has 10 nitrogen and oxygen atoms in total. The highest BCUT2D eigenvalue weighted by Gasteiger charge is 2.27. The molecule has 0 saturated carbocycles. The number of benzene rings is 2. The number of hydrogen-bond donors (Lipinski definition) is 2. The first-order valence-corrected chi connectivity index (χ1v) is 17.3. The van der Waals surface area contributed by atoms with Gasteiger partial charge in [0.2, 0.25) is 0 Å². The summed E-state index contributed by atoms with van der Waals surface area (Å²) in [6.45, 7) is 11.3. The number of piperazine rings is 1. The van der Waals surface area contributed by atoms with Crippen molar-refractivity contribution in [1.82, 2.24) is 24.9 Å². The lowest BCUT2D eigenvalue weighted by molar-refractivity contribution is 0.0915. The number of nitrogens with one attached hydrogen (secondary N) is 2. The number of carbonyl (C=O) groups is 3. The van der Waals surface area contributed by atoms with Crippen molar-refractivity contribution in [2.24, 2.45) is 0 Å². The van der Waals surface area contributed by atoms with E-state index in [1.165, 1.54) is 0 Å². The first kappa shape index (κ1) is 34.3. The van der Waals surface area contributed by atoms with Gasteiger partial charge in [-0.25, -0.2) is 4.79 Å². The van der Waals surface area contributed by atoms with E-state index in [0.29, 0.717) is 20.7 Å². The van der Waals surface area contributed by atoms with Crippen LogP contribution in [-0.4, -0.2) is 77.3 Å². The lowest BCUT2D eigenvalue weighted by Crippen LogP contribution is -2.43. The second kappa shape index (κ2) is 15.7. The summed E-state index contributed by atoms with van der Waals surface area (Å²) in [6.07, 6.45) is 4.48. The standard InChI is InChI=1S/C36H46N6O4S/c1-5-6-7-8-12-23-46-35(45)42-34-29(24-30(47-34)33(44)38-36(2,3)28-13-10-9-11-14-28)31(39-42)37-32(43)27-17-15-26(16-18-27)25-41-21-19-40(4)20-22-41/h9-11,13-18,24H,5-8,12,19-23,25H2,1-4H3,(H,38,44)(H,37,39,43). The third-order valence-corrected chi connectivity index (χ3v) is 9.71. The first-order chi connectivity index (χ1) is 22.6. The lowest BCUT2D eigenvalue weighted by Gasteiger charge is -2.32. The second-order valence-electron chi connectivity index (χ2n) is 12.8. The lowest BCUT2D eigenvalue weighted by atomic mass is 9.94. The molecule has 0 radical (unpaired) electrons. The Kier molecular flexibility index (Phi) is 11.4. The van der Waals surface area contributed by atoms with Crippen molar-refractivity contribution in [2.75, 3.05) is 45.2 Å². The summed E-state index contributed by atoms with van der Waals surface area (Å²) in [6, 6.07) is 19.0. The largest absolute Gasteiger partial charge is 0.448 e. The van der Waals surface area contributed by atoms with Crippen LogP contribution in [0.2, 0.25) is 0 Å². The molecule has 250 valence electrons. The maximum Gasteiger partial charge on any atom is 0.436 e. The molecule has 4 aromatic rings. The molecule has 2 aromatic carbocycles. The number of thiophene rings is 1. The molecule has 47 heavy (non-hydrogen) atoms. The number of carbonyl (C=O) groups excluding carboxylic acids is 3. The van der Waals surface area contributed by atoms with Crippen molar-refractivity contribution < 1.29 is 19.1 Å². The van der Waals surface area contributed by atoms with E-state index < -0.39 is 11.6 Å². The smallest absolute Gasteiger partial charge is 0.436 e. The fourth-order valence-electron chi connectivity index (χ4n) is 5.64. The van der Waals surface area contributed by atoms with E-state index in [4.69, 9.17) is 4.74 Å². The highest BCUT2D eigenvalue weighted by atomic mass is 32.1. The van der Waals surface area contributed by atoms with Gasteiger partial charge in [0.25, 0.3) is 11.8 Å². The number of fused-ring (bicyclic) bond motifs is 1. The van der Waals surface area contributed by atoms with E-state index in [0.717, 1.165) is 92.0 Å². The minimum absolute atomic E-state index is 0.198. The molecule has 0 bridgehead atoms. The molecule has 1 aliphatic heterocycles. The van der Waals surface area contributed by atoms with Gasteiger partial charge in [-0.1, -0.05) is 75.1 Å². The number of unbranched alkanes of at least 4 members (excludes halogenated alkanes) is 4. The van der Waals surface area contributed by atoms with E-state index in [9.17, 15) is 14.4 Å². The van der Waals surface area contributed by atoms with Crippen LogP contribution in [0.15, 0.2) is 60.7 Å². The number of ether oxygens (including phenoxy) is 1. The number of rotatable bonds is 13. The summed E-state index contributed by atoms with van der Waals surface area (Å²) in [7, 11) is 2.14. The Morgan fingerprint density at radius 2 is 1.62 bits per heavy atom. The maximum atomic E-state index is 13.5. The van der Waals surface area contributed by atoms with Crippen molar-refractivity contribution in [2.45, 2.75) is 65.0 Å². The summed E-state index contributed by atoms with van der Waals surface area (Å²) in [4.78, 5) is 45.6. The summed E-state index contributed by atoms with van der Waals surface area (Å²) in [5.41, 5.74) is 1.94. The van der Waals surface area contributed by atoms with Crippen LogP contribution < -0.4 is 10.6 Å². The van der Waals surface area contributed by atoms with Crippen LogP contribution in [0.4, 0.5) is 10.6 Å². The van der Waals surface area contributed by atoms with E-state index in [1.54, 1.807) is 18.2 Å². The van der Waals surface area contributed by atoms with E-state index >= 15 is 0 Å². The van der Waals surface area contributed by atoms with Crippen LogP contribution in [0.25, 0.3) is 10.2 Å². The van der Waals surface area contributed by atoms with Gasteiger partial charge in [-0.3, -0.25) is 14.5 Å². The van der Waals surface area contributed by atoms with Crippen LogP contribution in [0, 0.1) is 0 Å². The number of aromatic nitrogens is 2. The van der Waals surface area contributed by atoms with Crippen molar-refractivity contribution in [1.29, 1.82) is 0 Å². The molecular weight excluding hydrogens is 613 g/mol. The number of amides is 2. The van der Waals surface area contributed by atoms with Crippen molar-refractivity contribution in [3.8, 4) is 0 Å². The van der Waals surface area contributed by atoms with Gasteiger partial charge >= 0.3 is 6.09 Å². The Bertz CT molecular complexity index is 1660. The fourth-order valence-corrected chi connectivity index (χ4v) is 6.64. The Balaban J connectivity index is 1.33. The van der Waals surface area contributed by atoms with Crippen molar-refractivity contribution in [3.05, 3.63) is 82.2 Å². The predicted molar refractivity (Wildman–Crippen MR) is 187 cm³/mol. The Hall–Kier alpha value is -4.06. The van der Waals surface area contributed by atoms with E-state index in [-0.39, 0.29) is 24.2 Å². The predicted octanol–water partition coefficient (Wildman–Crippen LogP) is 6.72. The minimum Gasteiger partial charge on any atom is -0.448 e. The Morgan fingerprint density at radius 1 is 0.915 bits per heavy atom. The molecule has 3 heterocycles. The topological polar surface area (TPSA) is 109 Å². The van der Waals surface area contributed by atoms with Gasteiger partial charge in [0.15, 0.2) is 5.82 Å². The molecule has 0 atom stereocenters. The molecule has 5 rings (SSSR count). The number of likely N-dealkylation sites (N-methyl/N-ethyl adjacent to an activating group) is 1. The molecule has 1 saturated heterocycles. The summed E-state index contributed by atoms with van der Waals surface area (Å²) < 4.78 is 6.71. The van der Waals surface area contributed by atoms with Gasteiger partial charge in [0, 0.05) is 38.3 Å². The van der Waals surface area contributed by atoms with Crippen LogP contribution in [0.5, 0.6) is 0 Å². The van der Waals surface area contributed by atoms with E-state index in [2.05, 4.69) is 39.5 Å². The summed E-state index contributed by atoms with van der Waals surface area (Å²) >= 11 is 1.14. The number of anilines is 1. The zero-order valence-corrected chi connectivity index (χ0v) is 28.7. The van der Waals surface area contributed by atoms with Crippen LogP contribution in [0.3, 0.4) is 0 Å². The molecule has 0 spiro atoms. The average Bonchev–Trinajstić information content (AvgIpc) is 3.65. The van der Waals surface area contributed by atoms with Crippen LogP contribution in [0.1, 0.15) is 84.0 Å². The monoisotopic (exact) mass is 658 g/mol. The van der Waals surface area contributed by atoms with Crippen molar-refractivity contribution in [3.63, 3.8) is 0 Å². The molecule has 2 N–H and O–H groups in total. The zero-order valence-electron chi connectivity index (χ0n) is 27.9. The van der Waals surface area contributed by atoms with Gasteiger partial charge < -0.3 is 20.3 Å². The second-order valence-corrected chi connectivity index (χ2v) is 13.8. The van der Waals surface area contributed by atoms with Gasteiger partial charge in [-0.05, 0) is 56.6 Å². The molecule has 0 aliphatic carbocycles. The fraction of sp³-hybridized carbons (Fsp3) is 0.444. The molecule has 2 aromatic heterocycles. The third-order valence-electron chi connectivity index (χ3n) is 8.60. The van der Waals surface area contributed by atoms with Gasteiger partial charge in [-0.15, -0.1) is 16.4 Å². The van der Waals surface area contributed by atoms with Crippen molar-refractivity contribution >= 4 is 45.3 Å². The van der Waals surface area contributed by atoms with Gasteiger partial charge in [0.05, 0.1) is 22.4 Å². The first-order valence-electron chi connectivity index (χ1n) is 16.5. The van der Waals surface area contributed by atoms with Crippen LogP contribution in [-0.2, 0) is 16.8 Å². The highest BCUT2D eigenvalue weighted by molar-refractivity contribution is 7.20. The van der Waals surface area contributed by atoms with Gasteiger partial charge in [0.1, 0.15) is 4.83 Å². The molecule has 1 aliphatic rings.